The van der Waals surface area contributed by atoms with Gasteiger partial charge >= 0.3 is 12.1 Å². The molecule has 2 fully saturated rings. The smallest absolute Gasteiger partial charge is 0.409 e. The fraction of sp³-hybridized carbons (Fsp3) is 0.667. The molecular formula is C18H27N5O4S. The minimum atomic E-state index is -0.333. The molecule has 0 radical (unpaired) electrons. The highest BCUT2D eigenvalue weighted by Gasteiger charge is 2.25. The summed E-state index contributed by atoms with van der Waals surface area (Å²) in [5.41, 5.74) is 0.638. The largest absolute Gasteiger partial charge is 0.450 e. The quantitative estimate of drug-likeness (QED) is 0.775. The second-order valence-corrected chi connectivity index (χ2v) is 7.83. The molecule has 4 amide bonds. The van der Waals surface area contributed by atoms with E-state index in [1.165, 1.54) is 11.3 Å². The lowest BCUT2D eigenvalue weighted by atomic mass is 10.2. The standard InChI is InChI=1S/C18H27N5O4S/c1-2-27-18(26)23-9-7-22(8-10-23)15(24)11-14-12-28-17(20-14)21-16(25)19-13-5-3-4-6-13/h12-13H,2-11H2,1H3,(H2,19,20,21,25). The third-order valence-corrected chi connectivity index (χ3v) is 5.76. The lowest BCUT2D eigenvalue weighted by Gasteiger charge is -2.34. The molecule has 1 aromatic rings. The molecule has 2 N–H and O–H groups in total. The lowest BCUT2D eigenvalue weighted by molar-refractivity contribution is -0.132. The van der Waals surface area contributed by atoms with Crippen LogP contribution in [0.25, 0.3) is 0 Å². The van der Waals surface area contributed by atoms with Gasteiger partial charge in [0.15, 0.2) is 5.13 Å². The molecule has 1 aromatic heterocycles. The first-order valence-electron chi connectivity index (χ1n) is 9.76. The maximum Gasteiger partial charge on any atom is 0.409 e. The van der Waals surface area contributed by atoms with Gasteiger partial charge in [-0.25, -0.2) is 14.6 Å². The van der Waals surface area contributed by atoms with Gasteiger partial charge < -0.3 is 19.9 Å². The summed E-state index contributed by atoms with van der Waals surface area (Å²) in [5.74, 6) is -0.0317. The number of nitrogens with one attached hydrogen (secondary N) is 2. The summed E-state index contributed by atoms with van der Waals surface area (Å²) in [5, 5.41) is 7.98. The Labute approximate surface area is 168 Å². The fourth-order valence-corrected chi connectivity index (χ4v) is 4.16. The lowest BCUT2D eigenvalue weighted by Crippen LogP contribution is -2.51. The van der Waals surface area contributed by atoms with Crippen molar-refractivity contribution in [1.29, 1.82) is 0 Å². The Morgan fingerprint density at radius 3 is 2.54 bits per heavy atom. The molecular weight excluding hydrogens is 382 g/mol. The minimum Gasteiger partial charge on any atom is -0.450 e. The average Bonchev–Trinajstić information content (AvgIpc) is 3.34. The van der Waals surface area contributed by atoms with Crippen LogP contribution in [-0.2, 0) is 16.0 Å². The molecule has 0 bridgehead atoms. The molecule has 3 rings (SSSR count). The van der Waals surface area contributed by atoms with Crippen LogP contribution in [0, 0.1) is 0 Å². The van der Waals surface area contributed by atoms with Gasteiger partial charge in [-0.1, -0.05) is 12.8 Å². The molecule has 2 heterocycles. The number of hydrogen-bond donors (Lipinski definition) is 2. The van der Waals surface area contributed by atoms with E-state index < -0.39 is 0 Å². The van der Waals surface area contributed by atoms with Gasteiger partial charge in [-0.15, -0.1) is 11.3 Å². The number of hydrogen-bond acceptors (Lipinski definition) is 6. The van der Waals surface area contributed by atoms with Gasteiger partial charge in [-0.05, 0) is 19.8 Å². The van der Waals surface area contributed by atoms with Crippen LogP contribution in [-0.4, -0.2) is 71.6 Å². The third-order valence-electron chi connectivity index (χ3n) is 4.95. The predicted octanol–water partition coefficient (Wildman–Crippen LogP) is 2.05. The average molecular weight is 410 g/mol. The van der Waals surface area contributed by atoms with Crippen molar-refractivity contribution in [2.75, 3.05) is 38.1 Å². The van der Waals surface area contributed by atoms with E-state index >= 15 is 0 Å². The van der Waals surface area contributed by atoms with Gasteiger partial charge in [0.25, 0.3) is 0 Å². The van der Waals surface area contributed by atoms with E-state index in [2.05, 4.69) is 15.6 Å². The third kappa shape index (κ3) is 5.57. The van der Waals surface area contributed by atoms with Crippen LogP contribution in [0.4, 0.5) is 14.7 Å². The highest BCUT2D eigenvalue weighted by Crippen LogP contribution is 2.19. The number of amides is 4. The Hall–Kier alpha value is -2.36. The Bertz CT molecular complexity index is 696. The van der Waals surface area contributed by atoms with Gasteiger partial charge in [0, 0.05) is 37.6 Å². The van der Waals surface area contributed by atoms with Gasteiger partial charge in [0.05, 0.1) is 18.7 Å². The van der Waals surface area contributed by atoms with Gasteiger partial charge in [-0.3, -0.25) is 10.1 Å². The van der Waals surface area contributed by atoms with Crippen molar-refractivity contribution in [2.45, 2.75) is 45.1 Å². The highest BCUT2D eigenvalue weighted by atomic mass is 32.1. The monoisotopic (exact) mass is 409 g/mol. The SMILES string of the molecule is CCOC(=O)N1CCN(C(=O)Cc2csc(NC(=O)NC3CCCC3)n2)CC1. The van der Waals surface area contributed by atoms with Crippen molar-refractivity contribution in [2.24, 2.45) is 0 Å². The molecule has 10 heteroatoms. The Balaban J connectivity index is 1.42. The maximum absolute atomic E-state index is 12.5. The zero-order valence-electron chi connectivity index (χ0n) is 16.1. The zero-order valence-corrected chi connectivity index (χ0v) is 16.9. The fourth-order valence-electron chi connectivity index (χ4n) is 3.45. The first-order chi connectivity index (χ1) is 13.5. The summed E-state index contributed by atoms with van der Waals surface area (Å²) in [7, 11) is 0. The van der Waals surface area contributed by atoms with Crippen LogP contribution in [0.5, 0.6) is 0 Å². The summed E-state index contributed by atoms with van der Waals surface area (Å²) >= 11 is 1.31. The predicted molar refractivity (Wildman–Crippen MR) is 105 cm³/mol. The molecule has 0 atom stereocenters. The van der Waals surface area contributed by atoms with Crippen LogP contribution in [0.15, 0.2) is 5.38 Å². The van der Waals surface area contributed by atoms with Crippen LogP contribution >= 0.6 is 11.3 Å². The number of piperazine rings is 1. The van der Waals surface area contributed by atoms with Gasteiger partial charge in [0.2, 0.25) is 5.91 Å². The van der Waals surface area contributed by atoms with E-state index in [0.29, 0.717) is 43.6 Å². The Morgan fingerprint density at radius 1 is 1.18 bits per heavy atom. The molecule has 0 aromatic carbocycles. The summed E-state index contributed by atoms with van der Waals surface area (Å²) < 4.78 is 4.98. The van der Waals surface area contributed by atoms with Crippen molar-refractivity contribution in [3.63, 3.8) is 0 Å². The van der Waals surface area contributed by atoms with E-state index in [1.807, 2.05) is 0 Å². The molecule has 0 unspecified atom stereocenters. The number of nitrogens with zero attached hydrogens (tertiary/aromatic N) is 3. The van der Waals surface area contributed by atoms with Crippen LogP contribution < -0.4 is 10.6 Å². The maximum atomic E-state index is 12.5. The molecule has 2 aliphatic rings. The van der Waals surface area contributed by atoms with Crippen molar-refractivity contribution < 1.29 is 19.1 Å². The number of ether oxygens (including phenoxy) is 1. The molecule has 0 spiro atoms. The van der Waals surface area contributed by atoms with E-state index in [9.17, 15) is 14.4 Å². The van der Waals surface area contributed by atoms with E-state index in [4.69, 9.17) is 4.74 Å². The first kappa shape index (κ1) is 20.4. The van der Waals surface area contributed by atoms with Crippen molar-refractivity contribution in [3.05, 3.63) is 11.1 Å². The van der Waals surface area contributed by atoms with Gasteiger partial charge in [0.1, 0.15) is 0 Å². The molecule has 1 saturated heterocycles. The first-order valence-corrected chi connectivity index (χ1v) is 10.6. The van der Waals surface area contributed by atoms with Crippen molar-refractivity contribution >= 4 is 34.5 Å². The number of anilines is 1. The summed E-state index contributed by atoms with van der Waals surface area (Å²) in [6.07, 6.45) is 4.20. The number of thiazole rings is 1. The Kier molecular flexibility index (Phi) is 7.07. The summed E-state index contributed by atoms with van der Waals surface area (Å²) in [6.45, 7) is 4.02. The van der Waals surface area contributed by atoms with E-state index in [1.54, 1.807) is 22.1 Å². The van der Waals surface area contributed by atoms with E-state index in [0.717, 1.165) is 25.7 Å². The molecule has 1 aliphatic heterocycles. The highest BCUT2D eigenvalue weighted by molar-refractivity contribution is 7.13. The van der Waals surface area contributed by atoms with Crippen molar-refractivity contribution in [1.82, 2.24) is 20.1 Å². The number of aromatic nitrogens is 1. The zero-order chi connectivity index (χ0) is 19.9. The van der Waals surface area contributed by atoms with Crippen molar-refractivity contribution in [3.8, 4) is 0 Å². The van der Waals surface area contributed by atoms with Gasteiger partial charge in [-0.2, -0.15) is 0 Å². The number of carbonyl (C=O) groups excluding carboxylic acids is 3. The van der Waals surface area contributed by atoms with Crippen LogP contribution in [0.2, 0.25) is 0 Å². The molecule has 1 aliphatic carbocycles. The minimum absolute atomic E-state index is 0.0317. The summed E-state index contributed by atoms with van der Waals surface area (Å²) in [4.78, 5) is 43.9. The molecule has 28 heavy (non-hydrogen) atoms. The Morgan fingerprint density at radius 2 is 1.86 bits per heavy atom. The molecule has 154 valence electrons. The van der Waals surface area contributed by atoms with Crippen LogP contribution in [0.3, 0.4) is 0 Å². The summed E-state index contributed by atoms with van der Waals surface area (Å²) in [6, 6.07) is 0.00324. The number of carbonyl (C=O) groups is 3. The molecule has 9 nitrogen and oxygen atoms in total. The second kappa shape index (κ2) is 9.72. The topological polar surface area (TPSA) is 104 Å². The normalized spacial score (nSPS) is 17.5. The number of urea groups is 1. The number of rotatable bonds is 5. The second-order valence-electron chi connectivity index (χ2n) is 6.97. The van der Waals surface area contributed by atoms with E-state index in [-0.39, 0.29) is 30.5 Å². The van der Waals surface area contributed by atoms with Crippen LogP contribution in [0.1, 0.15) is 38.3 Å². The molecule has 1 saturated carbocycles.